The summed E-state index contributed by atoms with van der Waals surface area (Å²) in [5.74, 6) is 1.20. The molecule has 146 valence electrons. The van der Waals surface area contributed by atoms with E-state index in [1.54, 1.807) is 56.5 Å². The molecule has 1 heterocycles. The van der Waals surface area contributed by atoms with Gasteiger partial charge in [-0.25, -0.2) is 4.79 Å². The topological polar surface area (TPSA) is 80.3 Å². The Morgan fingerprint density at radius 3 is 2.57 bits per heavy atom. The van der Waals surface area contributed by atoms with Crippen LogP contribution in [0.4, 0.5) is 0 Å². The fraction of sp³-hybridized carbons (Fsp3) is 0.238. The van der Waals surface area contributed by atoms with Gasteiger partial charge in [0, 0.05) is 11.6 Å². The van der Waals surface area contributed by atoms with E-state index in [1.165, 1.54) is 14.2 Å². The molecule has 0 radical (unpaired) electrons. The first-order valence-electron chi connectivity index (χ1n) is 8.52. The van der Waals surface area contributed by atoms with Crippen molar-refractivity contribution in [2.24, 2.45) is 0 Å². The number of fused-ring (bicyclic) bond motifs is 1. The summed E-state index contributed by atoms with van der Waals surface area (Å²) in [5, 5.41) is 0. The van der Waals surface area contributed by atoms with Crippen LogP contribution in [0.5, 0.6) is 23.0 Å². The van der Waals surface area contributed by atoms with Crippen molar-refractivity contribution in [1.29, 1.82) is 0 Å². The number of hydrogen-bond acceptors (Lipinski definition) is 7. The molecular formula is C21H20O7. The number of hydrogen-bond donors (Lipinski definition) is 0. The second kappa shape index (κ2) is 8.04. The molecule has 0 bridgehead atoms. The molecule has 7 heteroatoms. The quantitative estimate of drug-likeness (QED) is 0.559. The maximum Gasteiger partial charge on any atom is 0.346 e. The van der Waals surface area contributed by atoms with Crippen LogP contribution in [0, 0.1) is 0 Å². The number of ketones is 1. The molecule has 3 rings (SSSR count). The summed E-state index contributed by atoms with van der Waals surface area (Å²) in [6.07, 6.45) is 0.817. The van der Waals surface area contributed by atoms with Crippen molar-refractivity contribution < 1.29 is 33.3 Å². The van der Waals surface area contributed by atoms with Gasteiger partial charge in [0.25, 0.3) is 0 Å². The van der Waals surface area contributed by atoms with Crippen LogP contribution in [-0.4, -0.2) is 39.2 Å². The number of para-hydroxylation sites is 1. The molecule has 28 heavy (non-hydrogen) atoms. The molecule has 0 N–H and O–H groups in total. The average Bonchev–Trinajstić information content (AvgIpc) is 3.01. The summed E-state index contributed by atoms with van der Waals surface area (Å²) < 4.78 is 26.6. The van der Waals surface area contributed by atoms with Crippen molar-refractivity contribution in [2.75, 3.05) is 21.3 Å². The summed E-state index contributed by atoms with van der Waals surface area (Å²) in [5.41, 5.74) is 1.06. The summed E-state index contributed by atoms with van der Waals surface area (Å²) >= 11 is 0. The van der Waals surface area contributed by atoms with E-state index in [2.05, 4.69) is 4.74 Å². The van der Waals surface area contributed by atoms with E-state index in [9.17, 15) is 9.59 Å². The van der Waals surface area contributed by atoms with Crippen LogP contribution in [-0.2, 0) is 9.53 Å². The normalized spacial score (nSPS) is 14.9. The summed E-state index contributed by atoms with van der Waals surface area (Å²) in [6, 6.07) is 10.1. The zero-order chi connectivity index (χ0) is 20.3. The number of rotatable bonds is 6. The lowest BCUT2D eigenvalue weighted by atomic mass is 10.1. The van der Waals surface area contributed by atoms with Crippen LogP contribution in [0.25, 0.3) is 6.08 Å². The largest absolute Gasteiger partial charge is 0.493 e. The average molecular weight is 384 g/mol. The number of benzene rings is 2. The Morgan fingerprint density at radius 2 is 1.89 bits per heavy atom. The van der Waals surface area contributed by atoms with Gasteiger partial charge in [-0.1, -0.05) is 12.1 Å². The van der Waals surface area contributed by atoms with Crippen molar-refractivity contribution in [1.82, 2.24) is 0 Å². The molecule has 0 amide bonds. The van der Waals surface area contributed by atoms with Crippen LogP contribution >= 0.6 is 0 Å². The number of carbonyl (C=O) groups excluding carboxylic acids is 2. The predicted octanol–water partition coefficient (Wildman–Crippen LogP) is 3.26. The van der Waals surface area contributed by atoms with Crippen LogP contribution < -0.4 is 18.9 Å². The Labute approximate surface area is 162 Å². The third kappa shape index (κ3) is 3.64. The van der Waals surface area contributed by atoms with Gasteiger partial charge in [-0.3, -0.25) is 4.79 Å². The third-order valence-electron chi connectivity index (χ3n) is 4.21. The Hall–Kier alpha value is -3.48. The lowest BCUT2D eigenvalue weighted by Crippen LogP contribution is -2.24. The Kier molecular flexibility index (Phi) is 5.54. The second-order valence-electron chi connectivity index (χ2n) is 5.96. The van der Waals surface area contributed by atoms with Crippen LogP contribution in [0.1, 0.15) is 22.8 Å². The summed E-state index contributed by atoms with van der Waals surface area (Å²) in [7, 11) is 4.35. The molecule has 0 spiro atoms. The van der Waals surface area contributed by atoms with Gasteiger partial charge in [0.1, 0.15) is 11.5 Å². The van der Waals surface area contributed by atoms with E-state index in [0.717, 1.165) is 0 Å². The standard InChI is InChI=1S/C21H20O7/c1-12(21(23)26-4)27-14-8-9-15-17(11-14)28-18(19(15)22)10-13-6-5-7-16(24-2)20(13)25-3/h5-12H,1-4H3/t12-/m0/s1. The van der Waals surface area contributed by atoms with Crippen molar-refractivity contribution >= 4 is 17.8 Å². The van der Waals surface area contributed by atoms with E-state index in [1.807, 2.05) is 0 Å². The molecule has 0 saturated carbocycles. The van der Waals surface area contributed by atoms with E-state index in [4.69, 9.17) is 18.9 Å². The maximum absolute atomic E-state index is 12.7. The van der Waals surface area contributed by atoms with E-state index in [0.29, 0.717) is 34.1 Å². The molecule has 0 fully saturated rings. The van der Waals surface area contributed by atoms with Gasteiger partial charge in [0.15, 0.2) is 23.4 Å². The highest BCUT2D eigenvalue weighted by molar-refractivity contribution is 6.14. The minimum atomic E-state index is -0.781. The van der Waals surface area contributed by atoms with Gasteiger partial charge < -0.3 is 23.7 Å². The van der Waals surface area contributed by atoms with E-state index >= 15 is 0 Å². The lowest BCUT2D eigenvalue weighted by molar-refractivity contribution is -0.147. The monoisotopic (exact) mass is 384 g/mol. The number of ether oxygens (including phenoxy) is 5. The van der Waals surface area contributed by atoms with E-state index < -0.39 is 12.1 Å². The highest BCUT2D eigenvalue weighted by Gasteiger charge is 2.29. The van der Waals surface area contributed by atoms with Gasteiger partial charge in [0.05, 0.1) is 26.9 Å². The highest BCUT2D eigenvalue weighted by atomic mass is 16.6. The second-order valence-corrected chi connectivity index (χ2v) is 5.96. The first-order valence-corrected chi connectivity index (χ1v) is 8.52. The van der Waals surface area contributed by atoms with Crippen LogP contribution in [0.2, 0.25) is 0 Å². The fourth-order valence-electron chi connectivity index (χ4n) is 2.83. The smallest absolute Gasteiger partial charge is 0.346 e. The number of carbonyl (C=O) groups is 2. The molecule has 0 aliphatic carbocycles. The summed E-state index contributed by atoms with van der Waals surface area (Å²) in [4.78, 5) is 24.2. The minimum absolute atomic E-state index is 0.153. The molecule has 1 aliphatic rings. The van der Waals surface area contributed by atoms with Crippen LogP contribution in [0.3, 0.4) is 0 Å². The number of methoxy groups -OCH3 is 3. The van der Waals surface area contributed by atoms with Crippen molar-refractivity contribution in [3.05, 3.63) is 53.3 Å². The van der Waals surface area contributed by atoms with Crippen LogP contribution in [0.15, 0.2) is 42.2 Å². The zero-order valence-corrected chi connectivity index (χ0v) is 16.0. The number of esters is 1. The Balaban J connectivity index is 1.88. The SMILES string of the molecule is COC(=O)[C@H](C)Oc1ccc2c(c1)OC(=Cc1cccc(OC)c1OC)C2=O. The van der Waals surface area contributed by atoms with Crippen molar-refractivity contribution in [3.8, 4) is 23.0 Å². The molecule has 1 aliphatic heterocycles. The van der Waals surface area contributed by atoms with Gasteiger partial charge in [0.2, 0.25) is 5.78 Å². The predicted molar refractivity (Wildman–Crippen MR) is 101 cm³/mol. The highest BCUT2D eigenvalue weighted by Crippen LogP contribution is 2.37. The summed E-state index contributed by atoms with van der Waals surface area (Å²) in [6.45, 7) is 1.57. The fourth-order valence-corrected chi connectivity index (χ4v) is 2.83. The number of allylic oxidation sites excluding steroid dienone is 1. The van der Waals surface area contributed by atoms with Gasteiger partial charge in [-0.05, 0) is 31.2 Å². The Bertz CT molecular complexity index is 946. The first-order chi connectivity index (χ1) is 13.5. The molecule has 0 aromatic heterocycles. The van der Waals surface area contributed by atoms with Crippen molar-refractivity contribution in [2.45, 2.75) is 13.0 Å². The van der Waals surface area contributed by atoms with Gasteiger partial charge in [-0.2, -0.15) is 0 Å². The molecule has 1 atom stereocenters. The van der Waals surface area contributed by atoms with E-state index in [-0.39, 0.29) is 11.5 Å². The van der Waals surface area contributed by atoms with Gasteiger partial charge in [-0.15, -0.1) is 0 Å². The lowest BCUT2D eigenvalue weighted by Gasteiger charge is -2.12. The van der Waals surface area contributed by atoms with Gasteiger partial charge >= 0.3 is 5.97 Å². The third-order valence-corrected chi connectivity index (χ3v) is 4.21. The maximum atomic E-state index is 12.7. The molecule has 7 nitrogen and oxygen atoms in total. The van der Waals surface area contributed by atoms with Crippen molar-refractivity contribution in [3.63, 3.8) is 0 Å². The molecule has 2 aromatic rings. The Morgan fingerprint density at radius 1 is 1.11 bits per heavy atom. The first kappa shape index (κ1) is 19.3. The zero-order valence-electron chi connectivity index (χ0n) is 16.0. The minimum Gasteiger partial charge on any atom is -0.493 e. The molecule has 0 saturated heterocycles. The number of Topliss-reactive ketones (excluding diaryl/α,β-unsaturated/α-hetero) is 1. The molecule has 0 unspecified atom stereocenters. The molecular weight excluding hydrogens is 364 g/mol. The molecule has 2 aromatic carbocycles.